The van der Waals surface area contributed by atoms with Crippen LogP contribution in [0, 0.1) is 6.92 Å². The fourth-order valence-corrected chi connectivity index (χ4v) is 3.23. The van der Waals surface area contributed by atoms with Crippen molar-refractivity contribution in [3.8, 4) is 0 Å². The van der Waals surface area contributed by atoms with E-state index in [-0.39, 0.29) is 24.4 Å². The molecule has 0 saturated heterocycles. The first-order valence-electron chi connectivity index (χ1n) is 8.19. The summed E-state index contributed by atoms with van der Waals surface area (Å²) in [6, 6.07) is 6.28. The second-order valence-corrected chi connectivity index (χ2v) is 6.09. The van der Waals surface area contributed by atoms with Crippen LogP contribution in [0.15, 0.2) is 18.2 Å². The van der Waals surface area contributed by atoms with Crippen molar-refractivity contribution in [2.75, 3.05) is 11.4 Å². The number of carbonyl (C=O) groups excluding carboxylic acids is 2. The van der Waals surface area contributed by atoms with Gasteiger partial charge in [0.1, 0.15) is 6.54 Å². The first-order chi connectivity index (χ1) is 10.5. The maximum Gasteiger partial charge on any atom is 0.240 e. The maximum absolute atomic E-state index is 12.3. The highest BCUT2D eigenvalue weighted by Gasteiger charge is 2.22. The van der Waals surface area contributed by atoms with Gasteiger partial charge in [0, 0.05) is 13.0 Å². The maximum atomic E-state index is 12.3. The zero-order valence-corrected chi connectivity index (χ0v) is 13.8. The van der Waals surface area contributed by atoms with Crippen LogP contribution in [0.1, 0.15) is 50.7 Å². The molecule has 1 aliphatic rings. The minimum Gasteiger partial charge on any atom is -0.352 e. The number of nitrogens with one attached hydrogen (secondary N) is 1. The van der Waals surface area contributed by atoms with Crippen molar-refractivity contribution in [2.45, 2.75) is 58.9 Å². The van der Waals surface area contributed by atoms with Gasteiger partial charge in [-0.1, -0.05) is 38.0 Å². The van der Waals surface area contributed by atoms with Crippen molar-refractivity contribution in [1.82, 2.24) is 5.32 Å². The molecule has 0 radical (unpaired) electrons. The number of nitrogens with zero attached hydrogens (tertiary/aromatic N) is 1. The molecule has 1 fully saturated rings. The number of para-hydroxylation sites is 1. The van der Waals surface area contributed by atoms with Crippen molar-refractivity contribution >= 4 is 17.5 Å². The smallest absolute Gasteiger partial charge is 0.240 e. The summed E-state index contributed by atoms with van der Waals surface area (Å²) in [6.45, 7) is 5.67. The lowest BCUT2D eigenvalue weighted by Gasteiger charge is -2.26. The molecule has 1 aromatic carbocycles. The van der Waals surface area contributed by atoms with Crippen molar-refractivity contribution in [3.05, 3.63) is 29.3 Å². The van der Waals surface area contributed by atoms with E-state index in [9.17, 15) is 9.59 Å². The molecule has 4 nitrogen and oxygen atoms in total. The van der Waals surface area contributed by atoms with Gasteiger partial charge in [-0.2, -0.15) is 0 Å². The van der Waals surface area contributed by atoms with E-state index in [1.165, 1.54) is 19.8 Å². The average molecular weight is 302 g/mol. The van der Waals surface area contributed by atoms with Crippen molar-refractivity contribution in [2.24, 2.45) is 0 Å². The first kappa shape index (κ1) is 16.5. The van der Waals surface area contributed by atoms with Gasteiger partial charge >= 0.3 is 0 Å². The van der Waals surface area contributed by atoms with E-state index in [4.69, 9.17) is 0 Å². The van der Waals surface area contributed by atoms with Crippen LogP contribution in [0.2, 0.25) is 0 Å². The van der Waals surface area contributed by atoms with Gasteiger partial charge in [0.15, 0.2) is 0 Å². The Kier molecular flexibility index (Phi) is 5.58. The van der Waals surface area contributed by atoms with Gasteiger partial charge < -0.3 is 10.2 Å². The third-order valence-electron chi connectivity index (χ3n) is 4.37. The van der Waals surface area contributed by atoms with E-state index in [0.717, 1.165) is 36.1 Å². The molecule has 0 spiro atoms. The van der Waals surface area contributed by atoms with Gasteiger partial charge in [0.2, 0.25) is 11.8 Å². The number of amides is 2. The highest BCUT2D eigenvalue weighted by molar-refractivity contribution is 5.98. The summed E-state index contributed by atoms with van der Waals surface area (Å²) in [5, 5.41) is 3.06. The van der Waals surface area contributed by atoms with Gasteiger partial charge in [0.25, 0.3) is 0 Å². The number of benzene rings is 1. The number of carbonyl (C=O) groups is 2. The lowest BCUT2D eigenvalue weighted by atomic mass is 10.0. The van der Waals surface area contributed by atoms with Crippen LogP contribution in [0.3, 0.4) is 0 Å². The molecule has 1 aliphatic carbocycles. The largest absolute Gasteiger partial charge is 0.352 e. The third-order valence-corrected chi connectivity index (χ3v) is 4.37. The fourth-order valence-electron chi connectivity index (χ4n) is 3.23. The SMILES string of the molecule is CCc1cccc(C)c1N(CC(=O)NC1CCCC1)C(C)=O. The number of anilines is 1. The van der Waals surface area contributed by atoms with Crippen molar-refractivity contribution in [1.29, 1.82) is 0 Å². The van der Waals surface area contributed by atoms with Gasteiger partial charge in [-0.05, 0) is 37.3 Å². The van der Waals surface area contributed by atoms with Gasteiger partial charge in [0.05, 0.1) is 5.69 Å². The molecule has 0 unspecified atom stereocenters. The first-order valence-corrected chi connectivity index (χ1v) is 8.19. The summed E-state index contributed by atoms with van der Waals surface area (Å²) in [4.78, 5) is 26.0. The minimum absolute atomic E-state index is 0.0626. The Morgan fingerprint density at radius 3 is 2.55 bits per heavy atom. The number of hydrogen-bond acceptors (Lipinski definition) is 2. The number of hydrogen-bond donors (Lipinski definition) is 1. The predicted molar refractivity (Wildman–Crippen MR) is 89.0 cm³/mol. The standard InChI is InChI=1S/C18H26N2O2/c1-4-15-9-7-8-13(2)18(15)20(14(3)21)12-17(22)19-16-10-5-6-11-16/h7-9,16H,4-6,10-12H2,1-3H3,(H,19,22). The summed E-state index contributed by atoms with van der Waals surface area (Å²) < 4.78 is 0. The molecule has 120 valence electrons. The number of aryl methyl sites for hydroxylation is 2. The normalized spacial score (nSPS) is 14.9. The quantitative estimate of drug-likeness (QED) is 0.909. The minimum atomic E-state index is -0.0921. The molecule has 4 heteroatoms. The van der Waals surface area contributed by atoms with E-state index in [1.807, 2.05) is 25.1 Å². The van der Waals surface area contributed by atoms with E-state index in [2.05, 4.69) is 12.2 Å². The molecular weight excluding hydrogens is 276 g/mol. The topological polar surface area (TPSA) is 49.4 Å². The Morgan fingerprint density at radius 1 is 1.27 bits per heavy atom. The summed E-state index contributed by atoms with van der Waals surface area (Å²) in [5.74, 6) is -0.155. The highest BCUT2D eigenvalue weighted by Crippen LogP contribution is 2.26. The summed E-state index contributed by atoms with van der Waals surface area (Å²) in [7, 11) is 0. The molecule has 2 amide bonds. The van der Waals surface area contributed by atoms with Crippen molar-refractivity contribution in [3.63, 3.8) is 0 Å². The monoisotopic (exact) mass is 302 g/mol. The molecular formula is C18H26N2O2. The molecule has 0 atom stereocenters. The molecule has 0 bridgehead atoms. The van der Waals surface area contributed by atoms with Crippen LogP contribution < -0.4 is 10.2 Å². The van der Waals surface area contributed by atoms with Crippen LogP contribution >= 0.6 is 0 Å². The Labute approximate surface area is 132 Å². The van der Waals surface area contributed by atoms with Crippen LogP contribution in [0.25, 0.3) is 0 Å². The van der Waals surface area contributed by atoms with Gasteiger partial charge in [-0.25, -0.2) is 0 Å². The van der Waals surface area contributed by atoms with E-state index < -0.39 is 0 Å². The Bertz CT molecular complexity index is 548. The summed E-state index contributed by atoms with van der Waals surface area (Å²) in [6.07, 6.45) is 5.30. The predicted octanol–water partition coefficient (Wildman–Crippen LogP) is 2.97. The van der Waals surface area contributed by atoms with E-state index in [0.29, 0.717) is 0 Å². The molecule has 1 N–H and O–H groups in total. The zero-order valence-electron chi connectivity index (χ0n) is 13.8. The van der Waals surface area contributed by atoms with Crippen LogP contribution in [-0.2, 0) is 16.0 Å². The van der Waals surface area contributed by atoms with Crippen LogP contribution in [0.4, 0.5) is 5.69 Å². The molecule has 1 saturated carbocycles. The molecule has 1 aromatic rings. The lowest BCUT2D eigenvalue weighted by molar-refractivity contribution is -0.123. The van der Waals surface area contributed by atoms with Gasteiger partial charge in [-0.15, -0.1) is 0 Å². The second-order valence-electron chi connectivity index (χ2n) is 6.09. The average Bonchev–Trinajstić information content (AvgIpc) is 2.97. The zero-order chi connectivity index (χ0) is 16.1. The van der Waals surface area contributed by atoms with Crippen molar-refractivity contribution < 1.29 is 9.59 Å². The summed E-state index contributed by atoms with van der Waals surface area (Å²) >= 11 is 0. The second kappa shape index (κ2) is 7.43. The molecule has 0 aliphatic heterocycles. The van der Waals surface area contributed by atoms with Crippen LogP contribution in [0.5, 0.6) is 0 Å². The Morgan fingerprint density at radius 2 is 1.95 bits per heavy atom. The van der Waals surface area contributed by atoms with E-state index in [1.54, 1.807) is 4.90 Å². The molecule has 0 aromatic heterocycles. The van der Waals surface area contributed by atoms with Gasteiger partial charge in [-0.3, -0.25) is 9.59 Å². The molecule has 22 heavy (non-hydrogen) atoms. The van der Waals surface area contributed by atoms with Crippen LogP contribution in [-0.4, -0.2) is 24.4 Å². The fraction of sp³-hybridized carbons (Fsp3) is 0.556. The molecule has 0 heterocycles. The number of rotatable bonds is 5. The molecule has 2 rings (SSSR count). The summed E-state index contributed by atoms with van der Waals surface area (Å²) in [5.41, 5.74) is 3.02. The lowest BCUT2D eigenvalue weighted by Crippen LogP contribution is -2.43. The highest BCUT2D eigenvalue weighted by atomic mass is 16.2. The van der Waals surface area contributed by atoms with E-state index >= 15 is 0 Å². The third kappa shape index (κ3) is 3.87. The Hall–Kier alpha value is -1.84. The Balaban J connectivity index is 2.16.